The fraction of sp³-hybridized carbons (Fsp3) is 1.00. The molecule has 0 atom stereocenters. The van der Waals surface area contributed by atoms with Gasteiger partial charge >= 0.3 is 0 Å². The quantitative estimate of drug-likeness (QED) is 0.134. The van der Waals surface area contributed by atoms with Crippen molar-refractivity contribution in [1.29, 1.82) is 0 Å². The molecule has 244 valence electrons. The Balaban J connectivity index is 0. The third-order valence-electron chi connectivity index (χ3n) is 6.42. The van der Waals surface area contributed by atoms with Gasteiger partial charge in [-0.15, -0.1) is 0 Å². The van der Waals surface area contributed by atoms with Gasteiger partial charge in [-0.25, -0.2) is 29.3 Å². The van der Waals surface area contributed by atoms with Gasteiger partial charge in [-0.1, -0.05) is 55.4 Å². The number of hydrogen-bond acceptors (Lipinski definition) is 6. The van der Waals surface area contributed by atoms with Crippen molar-refractivity contribution in [3.05, 3.63) is 0 Å². The summed E-state index contributed by atoms with van der Waals surface area (Å²) >= 11 is 0. The fourth-order valence-corrected chi connectivity index (χ4v) is 4.09. The third kappa shape index (κ3) is 24.4. The van der Waals surface area contributed by atoms with Crippen LogP contribution >= 0.6 is 0 Å². The van der Waals surface area contributed by atoms with Gasteiger partial charge in [0.05, 0.1) is 33.6 Å². The zero-order chi connectivity index (χ0) is 32.5. The minimum absolute atomic E-state index is 0.237. The molecule has 0 aromatic carbocycles. The molecule has 0 spiro atoms. The van der Waals surface area contributed by atoms with Crippen molar-refractivity contribution in [2.24, 2.45) is 10.8 Å². The zero-order valence-electron chi connectivity index (χ0n) is 30.7. The second-order valence-electron chi connectivity index (χ2n) is 17.7. The molecule has 6 heteroatoms. The first-order valence-corrected chi connectivity index (χ1v) is 15.5. The lowest BCUT2D eigenvalue weighted by molar-refractivity contribution is -0.414. The van der Waals surface area contributed by atoms with Crippen LogP contribution < -0.4 is 0 Å². The first-order valence-electron chi connectivity index (χ1n) is 15.5. The molecule has 0 aliphatic heterocycles. The average molecular weight is 577 g/mol. The van der Waals surface area contributed by atoms with Crippen molar-refractivity contribution in [2.75, 3.05) is 0 Å². The molecule has 40 heavy (non-hydrogen) atoms. The summed E-state index contributed by atoms with van der Waals surface area (Å²) in [6.07, 6.45) is 5.36. The molecule has 0 heterocycles. The van der Waals surface area contributed by atoms with Crippen molar-refractivity contribution in [3.63, 3.8) is 0 Å². The van der Waals surface area contributed by atoms with Gasteiger partial charge in [0.15, 0.2) is 0 Å². The Bertz CT molecular complexity index is 630. The summed E-state index contributed by atoms with van der Waals surface area (Å²) in [5.74, 6) is 0. The predicted octanol–water partition coefficient (Wildman–Crippen LogP) is 11.0. The van der Waals surface area contributed by atoms with Crippen LogP contribution in [0.15, 0.2) is 0 Å². The van der Waals surface area contributed by atoms with E-state index in [2.05, 4.69) is 83.1 Å². The summed E-state index contributed by atoms with van der Waals surface area (Å²) in [4.78, 5) is 33.9. The van der Waals surface area contributed by atoms with Gasteiger partial charge in [0.2, 0.25) is 0 Å². The van der Waals surface area contributed by atoms with Crippen molar-refractivity contribution in [3.8, 4) is 0 Å². The van der Waals surface area contributed by atoms with Gasteiger partial charge in [0.25, 0.3) is 0 Å². The molecule has 0 bridgehead atoms. The van der Waals surface area contributed by atoms with E-state index in [1.165, 1.54) is 0 Å². The molecule has 0 aliphatic rings. The lowest BCUT2D eigenvalue weighted by atomic mass is 9.83. The second-order valence-corrected chi connectivity index (χ2v) is 17.7. The Morgan fingerprint density at radius 3 is 0.700 bits per heavy atom. The van der Waals surface area contributed by atoms with Crippen molar-refractivity contribution < 1.29 is 29.3 Å². The molecule has 0 fully saturated rings. The first kappa shape index (κ1) is 41.9. The molecule has 0 amide bonds. The van der Waals surface area contributed by atoms with Gasteiger partial charge in [-0.3, -0.25) is 0 Å². The van der Waals surface area contributed by atoms with E-state index in [0.717, 1.165) is 38.5 Å². The van der Waals surface area contributed by atoms with Crippen LogP contribution in [0.3, 0.4) is 0 Å². The normalized spacial score (nSPS) is 14.7. The maximum absolute atomic E-state index is 5.72. The van der Waals surface area contributed by atoms with E-state index in [-0.39, 0.29) is 44.4 Å². The van der Waals surface area contributed by atoms with Crippen LogP contribution in [-0.2, 0) is 29.3 Å². The Labute approximate surface area is 250 Å². The average Bonchev–Trinajstić information content (AvgIpc) is 2.72. The third-order valence-corrected chi connectivity index (χ3v) is 6.42. The van der Waals surface area contributed by atoms with E-state index in [4.69, 9.17) is 29.3 Å². The lowest BCUT2D eigenvalue weighted by Crippen LogP contribution is -2.37. The molecule has 0 radical (unpaired) electrons. The predicted molar refractivity (Wildman–Crippen MR) is 169 cm³/mol. The van der Waals surface area contributed by atoms with Crippen molar-refractivity contribution in [2.45, 2.75) is 211 Å². The molecule has 0 unspecified atom stereocenters. The van der Waals surface area contributed by atoms with E-state index in [0.29, 0.717) is 0 Å². The highest BCUT2D eigenvalue weighted by Crippen LogP contribution is 2.34. The minimum Gasteiger partial charge on any atom is -0.230 e. The smallest absolute Gasteiger partial charge is 0.0985 e. The van der Waals surface area contributed by atoms with E-state index in [1.807, 2.05) is 55.4 Å². The molecule has 6 nitrogen and oxygen atoms in total. The van der Waals surface area contributed by atoms with Crippen LogP contribution in [0.1, 0.15) is 177 Å². The summed E-state index contributed by atoms with van der Waals surface area (Å²) in [6, 6.07) is 0. The highest BCUT2D eigenvalue weighted by Gasteiger charge is 2.33. The molecule has 0 saturated carbocycles. The van der Waals surface area contributed by atoms with Gasteiger partial charge in [-0.05, 0) is 132 Å². The molecule has 0 saturated heterocycles. The van der Waals surface area contributed by atoms with Gasteiger partial charge in [0, 0.05) is 0 Å². The summed E-state index contributed by atoms with van der Waals surface area (Å²) in [5, 5.41) is 0. The molecular weight excluding hydrogens is 504 g/mol. The Morgan fingerprint density at radius 2 is 0.500 bits per heavy atom. The molecular formula is C34H72O6. The van der Waals surface area contributed by atoms with Crippen LogP contribution in [0.2, 0.25) is 0 Å². The van der Waals surface area contributed by atoms with Crippen LogP contribution in [0, 0.1) is 10.8 Å². The Morgan fingerprint density at radius 1 is 0.300 bits per heavy atom. The van der Waals surface area contributed by atoms with Crippen LogP contribution in [0.25, 0.3) is 0 Å². The fourth-order valence-electron chi connectivity index (χ4n) is 4.09. The van der Waals surface area contributed by atoms with Gasteiger partial charge in [-0.2, -0.15) is 0 Å². The summed E-state index contributed by atoms with van der Waals surface area (Å²) < 4.78 is 0. The maximum atomic E-state index is 5.72. The molecule has 0 rings (SSSR count). The molecule has 0 aliphatic carbocycles. The van der Waals surface area contributed by atoms with E-state index in [1.54, 1.807) is 0 Å². The van der Waals surface area contributed by atoms with Crippen LogP contribution in [0.4, 0.5) is 0 Å². The topological polar surface area (TPSA) is 55.4 Å². The van der Waals surface area contributed by atoms with Crippen LogP contribution in [-0.4, -0.2) is 33.6 Å². The minimum atomic E-state index is -0.368. The molecule has 0 aromatic heterocycles. The highest BCUT2D eigenvalue weighted by molar-refractivity contribution is 4.79. The first-order chi connectivity index (χ1) is 17.4. The number of rotatable bonds is 16. The van der Waals surface area contributed by atoms with Crippen molar-refractivity contribution >= 4 is 0 Å². The van der Waals surface area contributed by atoms with E-state index in [9.17, 15) is 0 Å². The largest absolute Gasteiger partial charge is 0.230 e. The highest BCUT2D eigenvalue weighted by atomic mass is 17.2. The summed E-state index contributed by atoms with van der Waals surface area (Å²) in [5.41, 5.74) is -1.31. The standard InChI is InChI=1S/C18H38O4.C16H34O2/c1-11-15(3,4)19-21-17(7,8)13-14-18(9,10)22-20-16(5,6)12-2;1-13(2,3)11-15(7,8)17-18-16(9,10)12-14(4,5)6/h11-14H2,1-10H3;11-12H2,1-10H3. The monoisotopic (exact) mass is 577 g/mol. The number of hydrogen-bond donors (Lipinski definition) is 0. The van der Waals surface area contributed by atoms with E-state index < -0.39 is 0 Å². The van der Waals surface area contributed by atoms with Gasteiger partial charge < -0.3 is 0 Å². The second kappa shape index (κ2) is 15.5. The van der Waals surface area contributed by atoms with Crippen LogP contribution in [0.5, 0.6) is 0 Å². The summed E-state index contributed by atoms with van der Waals surface area (Å²) in [6.45, 7) is 42.1. The zero-order valence-corrected chi connectivity index (χ0v) is 30.7. The van der Waals surface area contributed by atoms with Gasteiger partial charge in [0.1, 0.15) is 0 Å². The lowest BCUT2D eigenvalue weighted by Gasteiger charge is -2.36. The molecule has 0 N–H and O–H groups in total. The maximum Gasteiger partial charge on any atom is 0.0985 e. The van der Waals surface area contributed by atoms with E-state index >= 15 is 0 Å². The summed E-state index contributed by atoms with van der Waals surface area (Å²) in [7, 11) is 0. The van der Waals surface area contributed by atoms with Crippen molar-refractivity contribution in [1.82, 2.24) is 0 Å². The Hall–Kier alpha value is -0.240. The SMILES string of the molecule is CC(C)(C)CC(C)(C)OOC(C)(C)CC(C)(C)C.CCC(C)(C)OOC(C)(C)CCC(C)(C)OOC(C)(C)CC. The Kier molecular flexibility index (Phi) is 16.2. The molecule has 0 aromatic rings.